The maximum atomic E-state index is 11.2. The van der Waals surface area contributed by atoms with Crippen molar-refractivity contribution >= 4 is 5.97 Å². The molecule has 1 aliphatic rings. The molecule has 0 saturated heterocycles. The highest BCUT2D eigenvalue weighted by Crippen LogP contribution is 2.42. The first kappa shape index (κ1) is 13.9. The van der Waals surface area contributed by atoms with Crippen LogP contribution in [0, 0.1) is 5.92 Å². The Hall–Kier alpha value is -1.49. The second-order valence-corrected chi connectivity index (χ2v) is 5.20. The van der Waals surface area contributed by atoms with Crippen LogP contribution in [0.5, 0.6) is 0 Å². The molecule has 1 saturated carbocycles. The van der Waals surface area contributed by atoms with Crippen molar-refractivity contribution in [1.29, 1.82) is 0 Å². The molecular weight excluding hydrogens is 244 g/mol. The summed E-state index contributed by atoms with van der Waals surface area (Å²) in [6.07, 6.45) is 3.58. The zero-order valence-corrected chi connectivity index (χ0v) is 11.6. The number of carboxylic acids is 1. The van der Waals surface area contributed by atoms with Crippen molar-refractivity contribution in [3.05, 3.63) is 23.3 Å². The van der Waals surface area contributed by atoms with Gasteiger partial charge in [0.15, 0.2) is 5.82 Å². The summed E-state index contributed by atoms with van der Waals surface area (Å²) in [6, 6.07) is 0. The highest BCUT2D eigenvalue weighted by molar-refractivity contribution is 5.88. The molecule has 1 atom stereocenters. The van der Waals surface area contributed by atoms with Gasteiger partial charge in [0, 0.05) is 12.8 Å². The molecule has 1 aromatic heterocycles. The standard InChI is InChI=1S/C14H20N2O3/c1-4-19-12(9-5-6-9)13-15-7-10(14(17)18)11(16-13)8(2)3/h7-9,12H,4-6H2,1-3H3,(H,17,18). The minimum absolute atomic E-state index is 0.0503. The number of carbonyl (C=O) groups is 1. The number of aromatic nitrogens is 2. The van der Waals surface area contributed by atoms with Crippen LogP contribution >= 0.6 is 0 Å². The van der Waals surface area contributed by atoms with Crippen molar-refractivity contribution in [3.8, 4) is 0 Å². The molecule has 1 fully saturated rings. The normalized spacial score (nSPS) is 16.6. The van der Waals surface area contributed by atoms with Crippen molar-refractivity contribution in [2.45, 2.75) is 45.6 Å². The molecule has 0 aromatic carbocycles. The second kappa shape index (κ2) is 5.65. The fourth-order valence-electron chi connectivity index (χ4n) is 2.15. The Morgan fingerprint density at radius 3 is 2.68 bits per heavy atom. The third-order valence-corrected chi connectivity index (χ3v) is 3.27. The highest BCUT2D eigenvalue weighted by Gasteiger charge is 2.35. The van der Waals surface area contributed by atoms with Crippen molar-refractivity contribution in [1.82, 2.24) is 9.97 Å². The van der Waals surface area contributed by atoms with Gasteiger partial charge in [-0.05, 0) is 31.6 Å². The maximum absolute atomic E-state index is 11.2. The highest BCUT2D eigenvalue weighted by atomic mass is 16.5. The van der Waals surface area contributed by atoms with E-state index in [-0.39, 0.29) is 17.6 Å². The molecule has 1 N–H and O–H groups in total. The van der Waals surface area contributed by atoms with Crippen LogP contribution in [-0.2, 0) is 4.74 Å². The summed E-state index contributed by atoms with van der Waals surface area (Å²) in [6.45, 7) is 6.43. The first-order chi connectivity index (χ1) is 9.04. The van der Waals surface area contributed by atoms with Crippen LogP contribution < -0.4 is 0 Å². The molecule has 1 unspecified atom stereocenters. The molecule has 0 spiro atoms. The molecule has 0 bridgehead atoms. The zero-order valence-electron chi connectivity index (χ0n) is 11.6. The summed E-state index contributed by atoms with van der Waals surface area (Å²) in [4.78, 5) is 19.8. The SMILES string of the molecule is CCOC(c1ncc(C(=O)O)c(C(C)C)n1)C1CC1. The van der Waals surface area contributed by atoms with E-state index < -0.39 is 5.97 Å². The van der Waals surface area contributed by atoms with E-state index in [2.05, 4.69) is 9.97 Å². The Kier molecular flexibility index (Phi) is 4.14. The number of aromatic carboxylic acids is 1. The van der Waals surface area contributed by atoms with E-state index in [9.17, 15) is 4.79 Å². The average Bonchev–Trinajstić information content (AvgIpc) is 3.19. The molecular formula is C14H20N2O3. The van der Waals surface area contributed by atoms with E-state index in [4.69, 9.17) is 9.84 Å². The van der Waals surface area contributed by atoms with E-state index in [0.717, 1.165) is 12.8 Å². The molecule has 0 amide bonds. The van der Waals surface area contributed by atoms with Gasteiger partial charge in [-0.15, -0.1) is 0 Å². The summed E-state index contributed by atoms with van der Waals surface area (Å²) >= 11 is 0. The Morgan fingerprint density at radius 1 is 1.53 bits per heavy atom. The van der Waals surface area contributed by atoms with Gasteiger partial charge in [-0.1, -0.05) is 13.8 Å². The number of ether oxygens (including phenoxy) is 1. The van der Waals surface area contributed by atoms with Gasteiger partial charge in [-0.25, -0.2) is 14.8 Å². The molecule has 1 heterocycles. The lowest BCUT2D eigenvalue weighted by Gasteiger charge is -2.17. The molecule has 19 heavy (non-hydrogen) atoms. The fraction of sp³-hybridized carbons (Fsp3) is 0.643. The number of hydrogen-bond acceptors (Lipinski definition) is 4. The van der Waals surface area contributed by atoms with Gasteiger partial charge >= 0.3 is 5.97 Å². The summed E-state index contributed by atoms with van der Waals surface area (Å²) in [7, 11) is 0. The lowest BCUT2D eigenvalue weighted by atomic mass is 10.0. The average molecular weight is 264 g/mol. The monoisotopic (exact) mass is 264 g/mol. The second-order valence-electron chi connectivity index (χ2n) is 5.20. The van der Waals surface area contributed by atoms with Crippen LogP contribution in [0.3, 0.4) is 0 Å². The first-order valence-corrected chi connectivity index (χ1v) is 6.76. The van der Waals surface area contributed by atoms with Crippen LogP contribution in [0.4, 0.5) is 0 Å². The third kappa shape index (κ3) is 3.10. The van der Waals surface area contributed by atoms with Gasteiger partial charge in [0.2, 0.25) is 0 Å². The van der Waals surface area contributed by atoms with Gasteiger partial charge in [-0.3, -0.25) is 0 Å². The van der Waals surface area contributed by atoms with Crippen molar-refractivity contribution < 1.29 is 14.6 Å². The molecule has 5 nitrogen and oxygen atoms in total. The minimum atomic E-state index is -0.977. The largest absolute Gasteiger partial charge is 0.478 e. The number of hydrogen-bond donors (Lipinski definition) is 1. The molecule has 0 radical (unpaired) electrons. The van der Waals surface area contributed by atoms with Crippen molar-refractivity contribution in [3.63, 3.8) is 0 Å². The lowest BCUT2D eigenvalue weighted by molar-refractivity contribution is 0.0396. The zero-order chi connectivity index (χ0) is 14.0. The quantitative estimate of drug-likeness (QED) is 0.855. The molecule has 2 rings (SSSR count). The van der Waals surface area contributed by atoms with Gasteiger partial charge in [0.1, 0.15) is 6.10 Å². The van der Waals surface area contributed by atoms with Crippen molar-refractivity contribution in [2.24, 2.45) is 5.92 Å². The van der Waals surface area contributed by atoms with E-state index in [1.165, 1.54) is 6.20 Å². The Morgan fingerprint density at radius 2 is 2.21 bits per heavy atom. The van der Waals surface area contributed by atoms with E-state index in [1.54, 1.807) is 0 Å². The first-order valence-electron chi connectivity index (χ1n) is 6.76. The van der Waals surface area contributed by atoms with Crippen LogP contribution in [0.1, 0.15) is 67.5 Å². The fourth-order valence-corrected chi connectivity index (χ4v) is 2.15. The van der Waals surface area contributed by atoms with Crippen LogP contribution in [0.2, 0.25) is 0 Å². The number of rotatable bonds is 6. The summed E-state index contributed by atoms with van der Waals surface area (Å²) in [5.74, 6) is 0.178. The summed E-state index contributed by atoms with van der Waals surface area (Å²) in [5.41, 5.74) is 0.771. The Bertz CT molecular complexity index is 470. The lowest BCUT2D eigenvalue weighted by Crippen LogP contribution is -2.15. The van der Waals surface area contributed by atoms with Crippen LogP contribution in [-0.4, -0.2) is 27.7 Å². The van der Waals surface area contributed by atoms with Gasteiger partial charge in [0.25, 0.3) is 0 Å². The van der Waals surface area contributed by atoms with Gasteiger partial charge in [0.05, 0.1) is 11.3 Å². The molecule has 104 valence electrons. The van der Waals surface area contributed by atoms with E-state index in [1.807, 2.05) is 20.8 Å². The topological polar surface area (TPSA) is 72.3 Å². The third-order valence-electron chi connectivity index (χ3n) is 3.27. The van der Waals surface area contributed by atoms with Crippen LogP contribution in [0.15, 0.2) is 6.20 Å². The predicted molar refractivity (Wildman–Crippen MR) is 70.2 cm³/mol. The molecule has 1 aromatic rings. The smallest absolute Gasteiger partial charge is 0.339 e. The maximum Gasteiger partial charge on any atom is 0.339 e. The van der Waals surface area contributed by atoms with E-state index in [0.29, 0.717) is 24.0 Å². The predicted octanol–water partition coefficient (Wildman–Crippen LogP) is 2.79. The van der Waals surface area contributed by atoms with Gasteiger partial charge in [-0.2, -0.15) is 0 Å². The summed E-state index contributed by atoms with van der Waals surface area (Å²) in [5, 5.41) is 9.16. The minimum Gasteiger partial charge on any atom is -0.478 e. The van der Waals surface area contributed by atoms with E-state index >= 15 is 0 Å². The Balaban J connectivity index is 2.35. The number of carboxylic acid groups (broad SMARTS) is 1. The van der Waals surface area contributed by atoms with Gasteiger partial charge < -0.3 is 9.84 Å². The number of nitrogens with zero attached hydrogens (tertiary/aromatic N) is 2. The molecule has 5 heteroatoms. The molecule has 0 aliphatic heterocycles. The van der Waals surface area contributed by atoms with Crippen molar-refractivity contribution in [2.75, 3.05) is 6.61 Å². The summed E-state index contributed by atoms with van der Waals surface area (Å²) < 4.78 is 5.71. The molecule has 1 aliphatic carbocycles. The van der Waals surface area contributed by atoms with Crippen LogP contribution in [0.25, 0.3) is 0 Å². The Labute approximate surface area is 113 Å².